The molecule has 1 heterocycles. The van der Waals surface area contributed by atoms with Crippen LogP contribution in [0.3, 0.4) is 0 Å². The van der Waals surface area contributed by atoms with Crippen molar-refractivity contribution in [3.05, 3.63) is 52.3 Å². The van der Waals surface area contributed by atoms with Gasteiger partial charge in [-0.2, -0.15) is 0 Å². The molecule has 0 radical (unpaired) electrons. The van der Waals surface area contributed by atoms with E-state index in [2.05, 4.69) is 20.6 Å². The van der Waals surface area contributed by atoms with Crippen LogP contribution in [0.1, 0.15) is 42.5 Å². The van der Waals surface area contributed by atoms with E-state index in [1.165, 1.54) is 0 Å². The highest BCUT2D eigenvalue weighted by atomic mass is 35.5. The zero-order valence-electron chi connectivity index (χ0n) is 14.5. The van der Waals surface area contributed by atoms with Crippen molar-refractivity contribution in [3.8, 4) is 0 Å². The van der Waals surface area contributed by atoms with Gasteiger partial charge in [-0.3, -0.25) is 4.79 Å². The van der Waals surface area contributed by atoms with Gasteiger partial charge in [0.1, 0.15) is 5.69 Å². The van der Waals surface area contributed by atoms with Crippen LogP contribution in [0.15, 0.2) is 30.3 Å². The summed E-state index contributed by atoms with van der Waals surface area (Å²) < 4.78 is 0. The molecule has 0 aliphatic heterocycles. The molecule has 0 spiro atoms. The van der Waals surface area contributed by atoms with Crippen LogP contribution in [-0.4, -0.2) is 28.0 Å². The Balaban J connectivity index is 1.97. The lowest BCUT2D eigenvalue weighted by Gasteiger charge is -2.20. The number of aromatic nitrogens is 2. The maximum absolute atomic E-state index is 12.3. The maximum atomic E-state index is 12.3. The smallest absolute Gasteiger partial charge is 0.270 e. The highest BCUT2D eigenvalue weighted by molar-refractivity contribution is 6.30. The van der Waals surface area contributed by atoms with Gasteiger partial charge in [-0.1, -0.05) is 23.7 Å². The molecule has 0 unspecified atom stereocenters. The molecule has 0 bridgehead atoms. The molecular weight excluding hydrogens is 324 g/mol. The van der Waals surface area contributed by atoms with Crippen molar-refractivity contribution in [1.29, 1.82) is 0 Å². The lowest BCUT2D eigenvalue weighted by molar-refractivity contribution is 0.0949. The molecule has 0 saturated heterocycles. The molecule has 128 valence electrons. The third-order valence-electron chi connectivity index (χ3n) is 3.19. The van der Waals surface area contributed by atoms with Crippen LogP contribution in [0.25, 0.3) is 0 Å². The number of carbonyl (C=O) groups is 1. The van der Waals surface area contributed by atoms with E-state index in [0.29, 0.717) is 23.2 Å². The van der Waals surface area contributed by atoms with E-state index < -0.39 is 0 Å². The first-order valence-electron chi connectivity index (χ1n) is 7.89. The number of anilines is 1. The van der Waals surface area contributed by atoms with Crippen LogP contribution < -0.4 is 10.6 Å². The Morgan fingerprint density at radius 2 is 1.83 bits per heavy atom. The van der Waals surface area contributed by atoms with Gasteiger partial charge in [0.15, 0.2) is 0 Å². The topological polar surface area (TPSA) is 66.9 Å². The molecule has 1 aromatic heterocycles. The summed E-state index contributed by atoms with van der Waals surface area (Å²) in [6.45, 7) is 8.44. The fraction of sp³-hybridized carbons (Fsp3) is 0.389. The SMILES string of the molecule is Cc1cc(C(=O)NCCc2ccc(Cl)cc2)nc(NC(C)(C)C)n1. The zero-order valence-corrected chi connectivity index (χ0v) is 15.2. The summed E-state index contributed by atoms with van der Waals surface area (Å²) in [6, 6.07) is 9.28. The number of aryl methyl sites for hydroxylation is 1. The third-order valence-corrected chi connectivity index (χ3v) is 3.44. The molecule has 0 aliphatic rings. The van der Waals surface area contributed by atoms with Gasteiger partial charge in [0.25, 0.3) is 5.91 Å². The molecule has 24 heavy (non-hydrogen) atoms. The Labute approximate surface area is 147 Å². The Morgan fingerprint density at radius 3 is 2.46 bits per heavy atom. The standard InChI is InChI=1S/C18H23ClN4O/c1-12-11-15(22-17(21-12)23-18(2,3)4)16(24)20-10-9-13-5-7-14(19)8-6-13/h5-8,11H,9-10H2,1-4H3,(H,20,24)(H,21,22,23). The quantitative estimate of drug-likeness (QED) is 0.867. The summed E-state index contributed by atoms with van der Waals surface area (Å²) in [6.07, 6.45) is 0.736. The van der Waals surface area contributed by atoms with Gasteiger partial charge in [0.05, 0.1) is 0 Å². The Hall–Kier alpha value is -2.14. The number of benzene rings is 1. The molecular formula is C18H23ClN4O. The van der Waals surface area contributed by atoms with Crippen LogP contribution >= 0.6 is 11.6 Å². The molecule has 2 aromatic rings. The molecule has 0 fully saturated rings. The Kier molecular flexibility index (Phi) is 5.78. The predicted molar refractivity (Wildman–Crippen MR) is 97.6 cm³/mol. The number of nitrogens with zero attached hydrogens (tertiary/aromatic N) is 2. The number of amides is 1. The second-order valence-corrected chi connectivity index (χ2v) is 7.16. The van der Waals surface area contributed by atoms with E-state index in [4.69, 9.17) is 11.6 Å². The first-order chi connectivity index (χ1) is 11.2. The molecule has 0 atom stereocenters. The fourth-order valence-electron chi connectivity index (χ4n) is 2.14. The number of hydrogen-bond donors (Lipinski definition) is 2. The number of hydrogen-bond acceptors (Lipinski definition) is 4. The van der Waals surface area contributed by atoms with Crippen LogP contribution in [0.2, 0.25) is 5.02 Å². The molecule has 2 rings (SSSR count). The summed E-state index contributed by atoms with van der Waals surface area (Å²) in [5.41, 5.74) is 2.06. The minimum absolute atomic E-state index is 0.171. The lowest BCUT2D eigenvalue weighted by atomic mass is 10.1. The summed E-state index contributed by atoms with van der Waals surface area (Å²) in [5.74, 6) is 0.261. The van der Waals surface area contributed by atoms with Gasteiger partial charge < -0.3 is 10.6 Å². The predicted octanol–water partition coefficient (Wildman–Crippen LogP) is 3.62. The molecule has 2 N–H and O–H groups in total. The highest BCUT2D eigenvalue weighted by Crippen LogP contribution is 2.12. The first kappa shape index (κ1) is 18.2. The van der Waals surface area contributed by atoms with Gasteiger partial charge >= 0.3 is 0 Å². The average Bonchev–Trinajstić information content (AvgIpc) is 2.46. The van der Waals surface area contributed by atoms with Crippen LogP contribution in [0, 0.1) is 6.92 Å². The van der Waals surface area contributed by atoms with Gasteiger partial charge in [-0.15, -0.1) is 0 Å². The highest BCUT2D eigenvalue weighted by Gasteiger charge is 2.15. The van der Waals surface area contributed by atoms with E-state index in [0.717, 1.165) is 17.7 Å². The largest absolute Gasteiger partial charge is 0.350 e. The van der Waals surface area contributed by atoms with Gasteiger partial charge in [0.2, 0.25) is 5.95 Å². The van der Waals surface area contributed by atoms with E-state index >= 15 is 0 Å². The van der Waals surface area contributed by atoms with E-state index in [1.54, 1.807) is 6.07 Å². The number of rotatable bonds is 5. The van der Waals surface area contributed by atoms with Crippen LogP contribution in [0.5, 0.6) is 0 Å². The van der Waals surface area contributed by atoms with Crippen molar-refractivity contribution in [3.63, 3.8) is 0 Å². The molecule has 1 aromatic carbocycles. The van der Waals surface area contributed by atoms with Gasteiger partial charge in [0, 0.05) is 22.8 Å². The van der Waals surface area contributed by atoms with Crippen molar-refractivity contribution in [2.45, 2.75) is 39.7 Å². The van der Waals surface area contributed by atoms with Crippen molar-refractivity contribution in [2.75, 3.05) is 11.9 Å². The van der Waals surface area contributed by atoms with Crippen molar-refractivity contribution >= 4 is 23.5 Å². The third kappa shape index (κ3) is 5.81. The molecule has 1 amide bonds. The van der Waals surface area contributed by atoms with E-state index in [1.807, 2.05) is 52.0 Å². The second kappa shape index (κ2) is 7.62. The van der Waals surface area contributed by atoms with E-state index in [9.17, 15) is 4.79 Å². The lowest BCUT2D eigenvalue weighted by Crippen LogP contribution is -2.30. The summed E-state index contributed by atoms with van der Waals surface area (Å²) >= 11 is 5.86. The Morgan fingerprint density at radius 1 is 1.17 bits per heavy atom. The van der Waals surface area contributed by atoms with Crippen molar-refractivity contribution in [2.24, 2.45) is 0 Å². The average molecular weight is 347 g/mol. The fourth-order valence-corrected chi connectivity index (χ4v) is 2.26. The Bertz CT molecular complexity index is 708. The molecule has 0 aliphatic carbocycles. The normalized spacial score (nSPS) is 11.2. The second-order valence-electron chi connectivity index (χ2n) is 6.73. The zero-order chi connectivity index (χ0) is 17.7. The maximum Gasteiger partial charge on any atom is 0.270 e. The number of carbonyl (C=O) groups excluding carboxylic acids is 1. The van der Waals surface area contributed by atoms with E-state index in [-0.39, 0.29) is 11.4 Å². The molecule has 6 heteroatoms. The minimum Gasteiger partial charge on any atom is -0.350 e. The van der Waals surface area contributed by atoms with Crippen molar-refractivity contribution in [1.82, 2.24) is 15.3 Å². The monoisotopic (exact) mass is 346 g/mol. The first-order valence-corrected chi connectivity index (χ1v) is 8.27. The molecule has 0 saturated carbocycles. The number of nitrogens with one attached hydrogen (secondary N) is 2. The summed E-state index contributed by atoms with van der Waals surface area (Å²) in [7, 11) is 0. The number of halogens is 1. The van der Waals surface area contributed by atoms with Crippen molar-refractivity contribution < 1.29 is 4.79 Å². The van der Waals surface area contributed by atoms with Gasteiger partial charge in [-0.25, -0.2) is 9.97 Å². The van der Waals surface area contributed by atoms with Crippen LogP contribution in [0.4, 0.5) is 5.95 Å². The summed E-state index contributed by atoms with van der Waals surface area (Å²) in [5, 5.41) is 6.79. The minimum atomic E-state index is -0.202. The van der Waals surface area contributed by atoms with Crippen LogP contribution in [-0.2, 0) is 6.42 Å². The summed E-state index contributed by atoms with van der Waals surface area (Å²) in [4.78, 5) is 20.9. The van der Waals surface area contributed by atoms with Gasteiger partial charge in [-0.05, 0) is 57.9 Å². The molecule has 5 nitrogen and oxygen atoms in total.